The lowest BCUT2D eigenvalue weighted by molar-refractivity contribution is 0.186. The summed E-state index contributed by atoms with van der Waals surface area (Å²) in [5.41, 5.74) is 7.03. The molecule has 1 rings (SSSR count). The van der Waals surface area contributed by atoms with Crippen LogP contribution in [0.5, 0.6) is 0 Å². The zero-order valence-electron chi connectivity index (χ0n) is 10.5. The van der Waals surface area contributed by atoms with Gasteiger partial charge in [0.15, 0.2) is 0 Å². The molecule has 4 nitrogen and oxygen atoms in total. The van der Waals surface area contributed by atoms with Gasteiger partial charge in [0.2, 0.25) is 0 Å². The highest BCUT2D eigenvalue weighted by molar-refractivity contribution is 5.11. The van der Waals surface area contributed by atoms with E-state index >= 15 is 0 Å². The fourth-order valence-corrected chi connectivity index (χ4v) is 2.03. The van der Waals surface area contributed by atoms with Gasteiger partial charge in [-0.05, 0) is 25.6 Å². The number of hydrogen-bond acceptors (Lipinski definition) is 4. The van der Waals surface area contributed by atoms with Gasteiger partial charge in [0.1, 0.15) is 0 Å². The molecule has 0 aromatic carbocycles. The number of nitrogens with zero attached hydrogens (tertiary/aromatic N) is 3. The minimum absolute atomic E-state index is 0.0106. The fourth-order valence-electron chi connectivity index (χ4n) is 2.03. The molecule has 0 spiro atoms. The second kappa shape index (κ2) is 7.00. The van der Waals surface area contributed by atoms with Crippen molar-refractivity contribution in [2.45, 2.75) is 32.4 Å². The Kier molecular flexibility index (Phi) is 5.61. The number of pyridine rings is 1. The maximum absolute atomic E-state index is 8.68. The molecule has 0 saturated carbocycles. The molecule has 0 amide bonds. The molecule has 0 bridgehead atoms. The zero-order valence-corrected chi connectivity index (χ0v) is 10.5. The molecular formula is C13H20N4. The predicted octanol–water partition coefficient (Wildman–Crippen LogP) is 1.71. The van der Waals surface area contributed by atoms with Crippen LogP contribution in [0.3, 0.4) is 0 Å². The lowest BCUT2D eigenvalue weighted by Crippen LogP contribution is -2.40. The average Bonchev–Trinajstić information content (AvgIpc) is 2.35. The predicted molar refractivity (Wildman–Crippen MR) is 68.1 cm³/mol. The number of nitriles is 1. The third-order valence-corrected chi connectivity index (χ3v) is 2.80. The summed E-state index contributed by atoms with van der Waals surface area (Å²) in [5.74, 6) is 0. The topological polar surface area (TPSA) is 65.9 Å². The highest BCUT2D eigenvalue weighted by atomic mass is 15.2. The van der Waals surface area contributed by atoms with Crippen molar-refractivity contribution in [2.75, 3.05) is 13.1 Å². The standard InChI is InChI=1S/C13H20N4/c1-3-17(10-6-8-14)13(11(2)15)12-7-4-5-9-16-12/h4-5,7,9,11,13H,3,6,10,15H2,1-2H3. The van der Waals surface area contributed by atoms with E-state index in [0.717, 1.165) is 18.8 Å². The van der Waals surface area contributed by atoms with Crippen LogP contribution in [0.25, 0.3) is 0 Å². The first-order valence-electron chi connectivity index (χ1n) is 5.98. The lowest BCUT2D eigenvalue weighted by atomic mass is 10.0. The van der Waals surface area contributed by atoms with Crippen molar-refractivity contribution in [1.29, 1.82) is 5.26 Å². The summed E-state index contributed by atoms with van der Waals surface area (Å²) in [6, 6.07) is 8.10. The number of hydrogen-bond donors (Lipinski definition) is 1. The first-order chi connectivity index (χ1) is 8.20. The van der Waals surface area contributed by atoms with Crippen molar-refractivity contribution in [3.8, 4) is 6.07 Å². The van der Waals surface area contributed by atoms with Crippen molar-refractivity contribution in [2.24, 2.45) is 5.73 Å². The molecule has 0 aliphatic carbocycles. The maximum atomic E-state index is 8.68. The van der Waals surface area contributed by atoms with E-state index in [1.807, 2.05) is 25.1 Å². The summed E-state index contributed by atoms with van der Waals surface area (Å²) in [5, 5.41) is 8.68. The van der Waals surface area contributed by atoms with Crippen LogP contribution >= 0.6 is 0 Å². The van der Waals surface area contributed by atoms with E-state index in [4.69, 9.17) is 11.0 Å². The Morgan fingerprint density at radius 1 is 1.53 bits per heavy atom. The first-order valence-corrected chi connectivity index (χ1v) is 5.98. The van der Waals surface area contributed by atoms with Gasteiger partial charge >= 0.3 is 0 Å². The van der Waals surface area contributed by atoms with E-state index in [1.165, 1.54) is 0 Å². The van der Waals surface area contributed by atoms with Crippen LogP contribution in [0.1, 0.15) is 32.0 Å². The van der Waals surface area contributed by atoms with Gasteiger partial charge in [-0.25, -0.2) is 0 Å². The number of nitrogens with two attached hydrogens (primary N) is 1. The Morgan fingerprint density at radius 2 is 2.29 bits per heavy atom. The van der Waals surface area contributed by atoms with Crippen LogP contribution in [0.4, 0.5) is 0 Å². The molecule has 92 valence electrons. The minimum atomic E-state index is -0.0106. The summed E-state index contributed by atoms with van der Waals surface area (Å²) < 4.78 is 0. The van der Waals surface area contributed by atoms with Gasteiger partial charge in [-0.3, -0.25) is 9.88 Å². The Bertz CT molecular complexity index is 355. The minimum Gasteiger partial charge on any atom is -0.326 e. The van der Waals surface area contributed by atoms with Crippen LogP contribution in [-0.2, 0) is 0 Å². The molecule has 1 heterocycles. The highest BCUT2D eigenvalue weighted by Crippen LogP contribution is 2.21. The Labute approximate surface area is 103 Å². The summed E-state index contributed by atoms with van der Waals surface area (Å²) in [6.45, 7) is 5.66. The third-order valence-electron chi connectivity index (χ3n) is 2.80. The molecule has 0 radical (unpaired) electrons. The van der Waals surface area contributed by atoms with E-state index in [2.05, 4.69) is 22.9 Å². The number of rotatable bonds is 6. The van der Waals surface area contributed by atoms with Crippen LogP contribution in [0, 0.1) is 11.3 Å². The molecule has 0 aliphatic rings. The van der Waals surface area contributed by atoms with E-state index in [9.17, 15) is 0 Å². The normalized spacial score (nSPS) is 14.3. The molecule has 1 aromatic rings. The molecule has 2 N–H and O–H groups in total. The maximum Gasteiger partial charge on any atom is 0.0671 e. The van der Waals surface area contributed by atoms with Gasteiger partial charge in [-0.1, -0.05) is 13.0 Å². The average molecular weight is 232 g/mol. The van der Waals surface area contributed by atoms with Crippen LogP contribution in [0.15, 0.2) is 24.4 Å². The smallest absolute Gasteiger partial charge is 0.0671 e. The summed E-state index contributed by atoms with van der Waals surface area (Å²) >= 11 is 0. The molecule has 17 heavy (non-hydrogen) atoms. The van der Waals surface area contributed by atoms with Gasteiger partial charge in [0.05, 0.1) is 17.8 Å². The third kappa shape index (κ3) is 3.81. The van der Waals surface area contributed by atoms with Gasteiger partial charge in [-0.2, -0.15) is 5.26 Å². The van der Waals surface area contributed by atoms with Crippen molar-refractivity contribution in [3.05, 3.63) is 30.1 Å². The second-order valence-electron chi connectivity index (χ2n) is 4.10. The fraction of sp³-hybridized carbons (Fsp3) is 0.538. The monoisotopic (exact) mass is 232 g/mol. The number of likely N-dealkylation sites (N-methyl/N-ethyl adjacent to an activating group) is 1. The Hall–Kier alpha value is -1.44. The SMILES string of the molecule is CCN(CCC#N)C(c1ccccn1)C(C)N. The molecule has 0 fully saturated rings. The molecule has 1 aromatic heterocycles. The largest absolute Gasteiger partial charge is 0.326 e. The molecule has 0 saturated heterocycles. The van der Waals surface area contributed by atoms with E-state index < -0.39 is 0 Å². The van der Waals surface area contributed by atoms with Gasteiger partial charge in [0, 0.05) is 25.2 Å². The molecule has 4 heteroatoms. The molecule has 0 aliphatic heterocycles. The quantitative estimate of drug-likeness (QED) is 0.810. The Morgan fingerprint density at radius 3 is 2.76 bits per heavy atom. The Balaban J connectivity index is 2.88. The van der Waals surface area contributed by atoms with E-state index in [-0.39, 0.29) is 12.1 Å². The molecular weight excluding hydrogens is 212 g/mol. The van der Waals surface area contributed by atoms with Gasteiger partial charge in [0.25, 0.3) is 0 Å². The summed E-state index contributed by atoms with van der Waals surface area (Å²) in [6.07, 6.45) is 2.30. The highest BCUT2D eigenvalue weighted by Gasteiger charge is 2.23. The van der Waals surface area contributed by atoms with Crippen molar-refractivity contribution in [1.82, 2.24) is 9.88 Å². The lowest BCUT2D eigenvalue weighted by Gasteiger charge is -2.32. The van der Waals surface area contributed by atoms with Crippen molar-refractivity contribution < 1.29 is 0 Å². The zero-order chi connectivity index (χ0) is 12.7. The second-order valence-corrected chi connectivity index (χ2v) is 4.10. The molecule has 2 unspecified atom stereocenters. The van der Waals surface area contributed by atoms with E-state index in [1.54, 1.807) is 6.20 Å². The first kappa shape index (κ1) is 13.6. The van der Waals surface area contributed by atoms with Crippen LogP contribution in [0.2, 0.25) is 0 Å². The van der Waals surface area contributed by atoms with Gasteiger partial charge in [-0.15, -0.1) is 0 Å². The molecule has 2 atom stereocenters. The van der Waals surface area contributed by atoms with Gasteiger partial charge < -0.3 is 5.73 Å². The number of aromatic nitrogens is 1. The summed E-state index contributed by atoms with van der Waals surface area (Å²) in [7, 11) is 0. The van der Waals surface area contributed by atoms with Crippen molar-refractivity contribution >= 4 is 0 Å². The van der Waals surface area contributed by atoms with Crippen LogP contribution < -0.4 is 5.73 Å². The van der Waals surface area contributed by atoms with Crippen molar-refractivity contribution in [3.63, 3.8) is 0 Å². The summed E-state index contributed by atoms with van der Waals surface area (Å²) in [4.78, 5) is 6.58. The van der Waals surface area contributed by atoms with E-state index in [0.29, 0.717) is 6.42 Å². The van der Waals surface area contributed by atoms with Crippen LogP contribution in [-0.4, -0.2) is 29.0 Å².